The molecule has 0 bridgehead atoms. The van der Waals surface area contributed by atoms with Crippen LogP contribution >= 0.6 is 0 Å². The SMILES string of the molecule is COc1ccc2ccccc2c1C=NNC(=O)CCC(=O)Nc1ccc(F)cc1. The number of fused-ring (bicyclic) bond motifs is 1. The Hall–Kier alpha value is -3.74. The summed E-state index contributed by atoms with van der Waals surface area (Å²) in [5.74, 6) is -0.482. The van der Waals surface area contributed by atoms with Crippen LogP contribution in [0.15, 0.2) is 65.8 Å². The van der Waals surface area contributed by atoms with Gasteiger partial charge in [-0.1, -0.05) is 30.3 Å². The van der Waals surface area contributed by atoms with Crippen LogP contribution in [0, 0.1) is 5.82 Å². The molecule has 0 unspecified atom stereocenters. The van der Waals surface area contributed by atoms with Gasteiger partial charge in [0.05, 0.1) is 13.3 Å². The summed E-state index contributed by atoms with van der Waals surface area (Å²) in [5, 5.41) is 8.57. The topological polar surface area (TPSA) is 79.8 Å². The number of hydrogen-bond acceptors (Lipinski definition) is 4. The predicted molar refractivity (Wildman–Crippen MR) is 111 cm³/mol. The molecule has 3 rings (SSSR count). The molecule has 0 aliphatic heterocycles. The average Bonchev–Trinajstić information content (AvgIpc) is 2.74. The Kier molecular flexibility index (Phi) is 6.52. The molecule has 0 radical (unpaired) electrons. The summed E-state index contributed by atoms with van der Waals surface area (Å²) >= 11 is 0. The van der Waals surface area contributed by atoms with Gasteiger partial charge in [-0.15, -0.1) is 0 Å². The zero-order valence-electron chi connectivity index (χ0n) is 15.8. The van der Waals surface area contributed by atoms with Crippen LogP contribution in [0.4, 0.5) is 10.1 Å². The molecule has 3 aromatic carbocycles. The summed E-state index contributed by atoms with van der Waals surface area (Å²) in [6, 6.07) is 17.0. The molecule has 0 saturated heterocycles. The fourth-order valence-corrected chi connectivity index (χ4v) is 2.80. The molecule has 0 spiro atoms. The number of ether oxygens (including phenoxy) is 1. The van der Waals surface area contributed by atoms with Crippen molar-refractivity contribution in [3.05, 3.63) is 72.0 Å². The number of benzene rings is 3. The van der Waals surface area contributed by atoms with Crippen molar-refractivity contribution in [1.82, 2.24) is 5.43 Å². The number of nitrogens with zero attached hydrogens (tertiary/aromatic N) is 1. The molecular weight excluding hydrogens is 373 g/mol. The van der Waals surface area contributed by atoms with Crippen LogP contribution in [-0.4, -0.2) is 25.1 Å². The zero-order valence-corrected chi connectivity index (χ0v) is 15.8. The lowest BCUT2D eigenvalue weighted by Gasteiger charge is -2.08. The summed E-state index contributed by atoms with van der Waals surface area (Å²) in [5.41, 5.74) is 3.64. The minimum absolute atomic E-state index is 0.0175. The molecule has 148 valence electrons. The largest absolute Gasteiger partial charge is 0.496 e. The van der Waals surface area contributed by atoms with E-state index in [-0.39, 0.29) is 24.6 Å². The lowest BCUT2D eigenvalue weighted by atomic mass is 10.0. The minimum Gasteiger partial charge on any atom is -0.496 e. The molecule has 0 aromatic heterocycles. The van der Waals surface area contributed by atoms with Gasteiger partial charge in [-0.3, -0.25) is 9.59 Å². The van der Waals surface area contributed by atoms with Crippen LogP contribution in [0.25, 0.3) is 10.8 Å². The number of hydrazone groups is 1. The van der Waals surface area contributed by atoms with Gasteiger partial charge in [0.2, 0.25) is 11.8 Å². The van der Waals surface area contributed by atoms with Crippen LogP contribution in [-0.2, 0) is 9.59 Å². The van der Waals surface area contributed by atoms with Gasteiger partial charge in [-0.2, -0.15) is 5.10 Å². The number of halogens is 1. The Morgan fingerprint density at radius 3 is 2.48 bits per heavy atom. The maximum Gasteiger partial charge on any atom is 0.240 e. The maximum absolute atomic E-state index is 12.9. The Morgan fingerprint density at radius 2 is 1.72 bits per heavy atom. The van der Waals surface area contributed by atoms with Gasteiger partial charge in [0.25, 0.3) is 0 Å². The van der Waals surface area contributed by atoms with Gasteiger partial charge in [-0.25, -0.2) is 9.82 Å². The molecule has 2 amide bonds. The van der Waals surface area contributed by atoms with E-state index in [2.05, 4.69) is 15.8 Å². The highest BCUT2D eigenvalue weighted by Crippen LogP contribution is 2.26. The van der Waals surface area contributed by atoms with E-state index in [0.717, 1.165) is 16.3 Å². The lowest BCUT2D eigenvalue weighted by molar-refractivity contribution is -0.124. The quantitative estimate of drug-likeness (QED) is 0.473. The van der Waals surface area contributed by atoms with E-state index in [9.17, 15) is 14.0 Å². The smallest absolute Gasteiger partial charge is 0.240 e. The first kappa shape index (κ1) is 20.0. The van der Waals surface area contributed by atoms with E-state index in [1.54, 1.807) is 7.11 Å². The van der Waals surface area contributed by atoms with Crippen molar-refractivity contribution in [1.29, 1.82) is 0 Å². The molecule has 2 N–H and O–H groups in total. The number of carbonyl (C=O) groups is 2. The van der Waals surface area contributed by atoms with E-state index >= 15 is 0 Å². The fourth-order valence-electron chi connectivity index (χ4n) is 2.80. The molecule has 0 aliphatic rings. The third kappa shape index (κ3) is 5.38. The second-order valence-electron chi connectivity index (χ2n) is 6.25. The Bertz CT molecular complexity index is 1050. The summed E-state index contributed by atoms with van der Waals surface area (Å²) in [6.45, 7) is 0. The number of anilines is 1. The Balaban J connectivity index is 1.55. The van der Waals surface area contributed by atoms with Gasteiger partial charge >= 0.3 is 0 Å². The Morgan fingerprint density at radius 1 is 1.00 bits per heavy atom. The zero-order chi connectivity index (χ0) is 20.6. The summed E-state index contributed by atoms with van der Waals surface area (Å²) < 4.78 is 18.2. The van der Waals surface area contributed by atoms with Crippen LogP contribution < -0.4 is 15.5 Å². The third-order valence-corrected chi connectivity index (χ3v) is 4.24. The summed E-state index contributed by atoms with van der Waals surface area (Å²) in [7, 11) is 1.57. The molecule has 0 saturated carbocycles. The lowest BCUT2D eigenvalue weighted by Crippen LogP contribution is -2.20. The van der Waals surface area contributed by atoms with Crippen LogP contribution in [0.1, 0.15) is 18.4 Å². The van der Waals surface area contributed by atoms with Gasteiger partial charge in [0.1, 0.15) is 11.6 Å². The highest BCUT2D eigenvalue weighted by Gasteiger charge is 2.08. The normalized spacial score (nSPS) is 10.8. The van der Waals surface area contributed by atoms with E-state index in [1.165, 1.54) is 30.5 Å². The molecule has 29 heavy (non-hydrogen) atoms. The molecule has 6 nitrogen and oxygen atoms in total. The molecule has 3 aromatic rings. The van der Waals surface area contributed by atoms with Crippen molar-refractivity contribution in [3.8, 4) is 5.75 Å². The first-order valence-corrected chi connectivity index (χ1v) is 9.00. The van der Waals surface area contributed by atoms with Crippen molar-refractivity contribution < 1.29 is 18.7 Å². The molecule has 0 atom stereocenters. The van der Waals surface area contributed by atoms with Gasteiger partial charge in [0, 0.05) is 24.1 Å². The second kappa shape index (κ2) is 9.45. The summed E-state index contributed by atoms with van der Waals surface area (Å²) in [6.07, 6.45) is 1.48. The molecule has 0 fully saturated rings. The molecule has 7 heteroatoms. The number of rotatable bonds is 7. The minimum atomic E-state index is -0.394. The van der Waals surface area contributed by atoms with Crippen molar-refractivity contribution in [3.63, 3.8) is 0 Å². The van der Waals surface area contributed by atoms with E-state index in [1.807, 2.05) is 36.4 Å². The second-order valence-corrected chi connectivity index (χ2v) is 6.25. The number of nitrogens with one attached hydrogen (secondary N) is 2. The van der Waals surface area contributed by atoms with E-state index in [0.29, 0.717) is 11.4 Å². The van der Waals surface area contributed by atoms with Crippen LogP contribution in [0.3, 0.4) is 0 Å². The molecule has 0 aliphatic carbocycles. The van der Waals surface area contributed by atoms with Gasteiger partial charge < -0.3 is 10.1 Å². The number of carbonyl (C=O) groups excluding carboxylic acids is 2. The maximum atomic E-state index is 12.9. The third-order valence-electron chi connectivity index (χ3n) is 4.24. The molecular formula is C22H20FN3O3. The molecule has 0 heterocycles. The monoisotopic (exact) mass is 393 g/mol. The summed E-state index contributed by atoms with van der Waals surface area (Å²) in [4.78, 5) is 23.9. The van der Waals surface area contributed by atoms with Crippen molar-refractivity contribution in [2.75, 3.05) is 12.4 Å². The highest BCUT2D eigenvalue weighted by molar-refractivity contribution is 6.02. The predicted octanol–water partition coefficient (Wildman–Crippen LogP) is 3.86. The van der Waals surface area contributed by atoms with Crippen molar-refractivity contribution >= 4 is 34.5 Å². The van der Waals surface area contributed by atoms with Crippen molar-refractivity contribution in [2.24, 2.45) is 5.10 Å². The van der Waals surface area contributed by atoms with Crippen LogP contribution in [0.5, 0.6) is 5.75 Å². The number of hydrogen-bond donors (Lipinski definition) is 2. The van der Waals surface area contributed by atoms with E-state index < -0.39 is 5.91 Å². The van der Waals surface area contributed by atoms with Gasteiger partial charge in [0.15, 0.2) is 0 Å². The van der Waals surface area contributed by atoms with E-state index in [4.69, 9.17) is 4.74 Å². The number of methoxy groups -OCH3 is 1. The standard InChI is InChI=1S/C22H20FN3O3/c1-29-20-11-6-15-4-2-3-5-18(15)19(20)14-24-26-22(28)13-12-21(27)25-17-9-7-16(23)8-10-17/h2-11,14H,12-13H2,1H3,(H,25,27)(H,26,28). The van der Waals surface area contributed by atoms with Crippen molar-refractivity contribution in [2.45, 2.75) is 12.8 Å². The first-order valence-electron chi connectivity index (χ1n) is 9.00. The van der Waals surface area contributed by atoms with Crippen LogP contribution in [0.2, 0.25) is 0 Å². The Labute approximate surface area is 167 Å². The van der Waals surface area contributed by atoms with Gasteiger partial charge in [-0.05, 0) is 41.1 Å². The fraction of sp³-hybridized carbons (Fsp3) is 0.136. The first-order chi connectivity index (χ1) is 14.1. The average molecular weight is 393 g/mol. The number of amides is 2. The highest BCUT2D eigenvalue weighted by atomic mass is 19.1.